The van der Waals surface area contributed by atoms with E-state index < -0.39 is 5.97 Å². The van der Waals surface area contributed by atoms with E-state index in [0.717, 1.165) is 5.56 Å². The van der Waals surface area contributed by atoms with Gasteiger partial charge in [0.2, 0.25) is 0 Å². The van der Waals surface area contributed by atoms with Crippen LogP contribution in [-0.4, -0.2) is 18.4 Å². The maximum Gasteiger partial charge on any atom is 0.338 e. The van der Waals surface area contributed by atoms with Gasteiger partial charge in [-0.25, -0.2) is 4.79 Å². The number of ether oxygens (including phenoxy) is 2. The van der Waals surface area contributed by atoms with Crippen molar-refractivity contribution in [1.29, 1.82) is 5.26 Å². The summed E-state index contributed by atoms with van der Waals surface area (Å²) in [6.45, 7) is 3.46. The van der Waals surface area contributed by atoms with Crippen molar-refractivity contribution in [3.8, 4) is 11.8 Å². The van der Waals surface area contributed by atoms with Gasteiger partial charge in [-0.1, -0.05) is 30.3 Å². The summed E-state index contributed by atoms with van der Waals surface area (Å²) in [4.78, 5) is 23.9. The second-order valence-corrected chi connectivity index (χ2v) is 5.06. The van der Waals surface area contributed by atoms with Gasteiger partial charge in [-0.15, -0.1) is 0 Å². The fraction of sp³-hybridized carbons (Fsp3) is 0.211. The largest absolute Gasteiger partial charge is 0.487 e. The first-order chi connectivity index (χ1) is 11.6. The fourth-order valence-electron chi connectivity index (χ4n) is 2.19. The first-order valence-corrected chi connectivity index (χ1v) is 7.49. The minimum Gasteiger partial charge on any atom is -0.487 e. The van der Waals surface area contributed by atoms with Gasteiger partial charge in [0.05, 0.1) is 17.7 Å². The van der Waals surface area contributed by atoms with Gasteiger partial charge in [0.15, 0.2) is 5.78 Å². The van der Waals surface area contributed by atoms with Gasteiger partial charge in [-0.2, -0.15) is 5.26 Å². The third-order valence-corrected chi connectivity index (χ3v) is 3.35. The molecule has 2 rings (SSSR count). The number of carbonyl (C=O) groups excluding carboxylic acids is 2. The number of ketones is 1. The average Bonchev–Trinajstić information content (AvgIpc) is 2.60. The van der Waals surface area contributed by atoms with E-state index in [1.807, 2.05) is 36.4 Å². The minimum atomic E-state index is -0.614. The highest BCUT2D eigenvalue weighted by Crippen LogP contribution is 2.25. The van der Waals surface area contributed by atoms with Crippen LogP contribution in [0, 0.1) is 11.3 Å². The molecule has 0 spiro atoms. The molecule has 5 heteroatoms. The number of Topliss-reactive ketones (excluding diaryl/α,β-unsaturated/α-hetero) is 1. The first kappa shape index (κ1) is 17.2. The van der Waals surface area contributed by atoms with E-state index >= 15 is 0 Å². The monoisotopic (exact) mass is 323 g/mol. The molecule has 2 aromatic carbocycles. The van der Waals surface area contributed by atoms with Crippen LogP contribution in [0.1, 0.15) is 45.7 Å². The number of nitrogens with zero attached hydrogens (tertiary/aromatic N) is 1. The molecule has 0 aliphatic heterocycles. The summed E-state index contributed by atoms with van der Waals surface area (Å²) in [5.41, 5.74) is 1.38. The zero-order chi connectivity index (χ0) is 17.5. The molecule has 0 aliphatic rings. The van der Waals surface area contributed by atoms with E-state index in [-0.39, 0.29) is 41.4 Å². The molecule has 0 heterocycles. The van der Waals surface area contributed by atoms with Crippen LogP contribution in [0.25, 0.3) is 0 Å². The van der Waals surface area contributed by atoms with Crippen molar-refractivity contribution in [1.82, 2.24) is 0 Å². The van der Waals surface area contributed by atoms with Crippen LogP contribution in [0.2, 0.25) is 0 Å². The zero-order valence-electron chi connectivity index (χ0n) is 13.5. The molecule has 5 nitrogen and oxygen atoms in total. The summed E-state index contributed by atoms with van der Waals surface area (Å²) in [6.07, 6.45) is 0. The van der Waals surface area contributed by atoms with Crippen LogP contribution in [0.5, 0.6) is 5.75 Å². The van der Waals surface area contributed by atoms with Crippen molar-refractivity contribution in [2.24, 2.45) is 0 Å². The lowest BCUT2D eigenvalue weighted by Gasteiger charge is -2.12. The topological polar surface area (TPSA) is 76.4 Å². The molecule has 0 aliphatic carbocycles. The minimum absolute atomic E-state index is 0.103. The summed E-state index contributed by atoms with van der Waals surface area (Å²) in [6, 6.07) is 14.2. The highest BCUT2D eigenvalue weighted by atomic mass is 16.5. The van der Waals surface area contributed by atoms with Gasteiger partial charge in [-0.3, -0.25) is 4.79 Å². The van der Waals surface area contributed by atoms with Crippen molar-refractivity contribution < 1.29 is 19.1 Å². The molecule has 0 atom stereocenters. The van der Waals surface area contributed by atoms with Crippen LogP contribution >= 0.6 is 0 Å². The Kier molecular flexibility index (Phi) is 5.69. The zero-order valence-corrected chi connectivity index (χ0v) is 13.5. The molecule has 0 bridgehead atoms. The molecular formula is C19H17NO4. The van der Waals surface area contributed by atoms with E-state index in [1.54, 1.807) is 6.92 Å². The lowest BCUT2D eigenvalue weighted by atomic mass is 10.0. The van der Waals surface area contributed by atoms with Gasteiger partial charge < -0.3 is 9.47 Å². The fourth-order valence-corrected chi connectivity index (χ4v) is 2.19. The standard InChI is InChI=1S/C19H17NO4/c1-3-23-19(22)17-10-18(15(11-20)9-16(17)13(2)21)24-12-14-7-5-4-6-8-14/h4-10H,3,12H2,1-2H3. The molecule has 0 saturated heterocycles. The smallest absolute Gasteiger partial charge is 0.338 e. The summed E-state index contributed by atoms with van der Waals surface area (Å²) < 4.78 is 10.7. The molecule has 0 N–H and O–H groups in total. The average molecular weight is 323 g/mol. The summed E-state index contributed by atoms with van der Waals surface area (Å²) in [5.74, 6) is -0.685. The highest BCUT2D eigenvalue weighted by molar-refractivity contribution is 6.06. The van der Waals surface area contributed by atoms with Crippen LogP contribution in [0.15, 0.2) is 42.5 Å². The maximum absolute atomic E-state index is 12.1. The third-order valence-electron chi connectivity index (χ3n) is 3.35. The normalized spacial score (nSPS) is 9.88. The Morgan fingerprint density at radius 3 is 2.42 bits per heavy atom. The molecule has 0 unspecified atom stereocenters. The van der Waals surface area contributed by atoms with Gasteiger partial charge in [0.25, 0.3) is 0 Å². The van der Waals surface area contributed by atoms with Crippen molar-refractivity contribution >= 4 is 11.8 Å². The molecule has 122 valence electrons. The Bertz CT molecular complexity index is 791. The van der Waals surface area contributed by atoms with Crippen LogP contribution in [0.4, 0.5) is 0 Å². The van der Waals surface area contributed by atoms with Crippen molar-refractivity contribution in [3.05, 3.63) is 64.7 Å². The molecule has 0 saturated carbocycles. The van der Waals surface area contributed by atoms with Crippen molar-refractivity contribution in [3.63, 3.8) is 0 Å². The van der Waals surface area contributed by atoms with Gasteiger partial charge in [-0.05, 0) is 31.5 Å². The SMILES string of the molecule is CCOC(=O)c1cc(OCc2ccccc2)c(C#N)cc1C(C)=O. The second-order valence-electron chi connectivity index (χ2n) is 5.06. The van der Waals surface area contributed by atoms with Gasteiger partial charge in [0, 0.05) is 5.56 Å². The Morgan fingerprint density at radius 1 is 1.12 bits per heavy atom. The predicted octanol–water partition coefficient (Wildman–Crippen LogP) is 3.52. The number of rotatable bonds is 6. The predicted molar refractivity (Wildman–Crippen MR) is 87.9 cm³/mol. The molecule has 0 aromatic heterocycles. The molecule has 0 fully saturated rings. The Labute approximate surface area is 140 Å². The summed E-state index contributed by atoms with van der Waals surface area (Å²) >= 11 is 0. The van der Waals surface area contributed by atoms with E-state index in [9.17, 15) is 14.9 Å². The quantitative estimate of drug-likeness (QED) is 0.600. The van der Waals surface area contributed by atoms with E-state index in [2.05, 4.69) is 0 Å². The van der Waals surface area contributed by atoms with Crippen LogP contribution in [0.3, 0.4) is 0 Å². The number of esters is 1. The third kappa shape index (κ3) is 3.99. The van der Waals surface area contributed by atoms with E-state index in [0.29, 0.717) is 0 Å². The number of carbonyl (C=O) groups is 2. The number of hydrogen-bond donors (Lipinski definition) is 0. The number of benzene rings is 2. The number of nitriles is 1. The second kappa shape index (κ2) is 7.93. The van der Waals surface area contributed by atoms with Gasteiger partial charge in [0.1, 0.15) is 18.4 Å². The Morgan fingerprint density at radius 2 is 1.83 bits per heavy atom. The molecular weight excluding hydrogens is 306 g/mol. The molecule has 24 heavy (non-hydrogen) atoms. The highest BCUT2D eigenvalue weighted by Gasteiger charge is 2.20. The Balaban J connectivity index is 2.39. The summed E-state index contributed by atoms with van der Waals surface area (Å²) in [7, 11) is 0. The summed E-state index contributed by atoms with van der Waals surface area (Å²) in [5, 5.41) is 9.30. The molecule has 2 aromatic rings. The van der Waals surface area contributed by atoms with E-state index in [4.69, 9.17) is 9.47 Å². The maximum atomic E-state index is 12.1. The number of hydrogen-bond acceptors (Lipinski definition) is 5. The molecule has 0 radical (unpaired) electrons. The molecule has 0 amide bonds. The lowest BCUT2D eigenvalue weighted by molar-refractivity contribution is 0.0522. The van der Waals surface area contributed by atoms with E-state index in [1.165, 1.54) is 19.1 Å². The Hall–Kier alpha value is -3.13. The lowest BCUT2D eigenvalue weighted by Crippen LogP contribution is -2.12. The van der Waals surface area contributed by atoms with Crippen molar-refractivity contribution in [2.45, 2.75) is 20.5 Å². The van der Waals surface area contributed by atoms with Crippen LogP contribution in [-0.2, 0) is 11.3 Å². The van der Waals surface area contributed by atoms with Crippen molar-refractivity contribution in [2.75, 3.05) is 6.61 Å². The van der Waals surface area contributed by atoms with Gasteiger partial charge >= 0.3 is 5.97 Å². The van der Waals surface area contributed by atoms with Crippen LogP contribution < -0.4 is 4.74 Å². The first-order valence-electron chi connectivity index (χ1n) is 7.49.